The summed E-state index contributed by atoms with van der Waals surface area (Å²) in [5.41, 5.74) is 1.58. The predicted octanol–water partition coefficient (Wildman–Crippen LogP) is 0.312. The Kier molecular flexibility index (Phi) is 7.02. The first-order chi connectivity index (χ1) is 7.36. The van der Waals surface area contributed by atoms with Crippen molar-refractivity contribution < 1.29 is 17.0 Å². The van der Waals surface area contributed by atoms with Crippen molar-refractivity contribution >= 4 is 25.4 Å². The molecule has 2 heteroatoms. The van der Waals surface area contributed by atoms with Gasteiger partial charge in [-0.2, -0.15) is 0 Å². The third-order valence-electron chi connectivity index (χ3n) is 3.56. The molecule has 0 heterocycles. The molecule has 0 aliphatic heterocycles. The summed E-state index contributed by atoms with van der Waals surface area (Å²) in [5.74, 6) is 0.842. The van der Waals surface area contributed by atoms with E-state index < -0.39 is 0 Å². The fourth-order valence-electron chi connectivity index (χ4n) is 2.58. The first-order valence-electron chi connectivity index (χ1n) is 6.28. The Morgan fingerprint density at radius 1 is 0.812 bits per heavy atom. The molecule has 0 atom stereocenters. The van der Waals surface area contributed by atoms with Gasteiger partial charge in [-0.15, -0.1) is 0 Å². The van der Waals surface area contributed by atoms with Gasteiger partial charge in [-0.1, -0.05) is 0 Å². The minimum atomic E-state index is 0. The summed E-state index contributed by atoms with van der Waals surface area (Å²) in [6, 6.07) is 9.22. The fraction of sp³-hybridized carbons (Fsp3) is 0.571. The van der Waals surface area contributed by atoms with Crippen molar-refractivity contribution in [3.63, 3.8) is 0 Å². The maximum atomic E-state index is 2.34. The minimum absolute atomic E-state index is 0. The summed E-state index contributed by atoms with van der Waals surface area (Å²) in [6.07, 6.45) is 10.0. The van der Waals surface area contributed by atoms with E-state index in [4.69, 9.17) is 0 Å². The van der Waals surface area contributed by atoms with Crippen LogP contribution in [-0.2, 0) is 0 Å². The van der Waals surface area contributed by atoms with Crippen LogP contribution in [0.5, 0.6) is 0 Å². The van der Waals surface area contributed by atoms with Crippen LogP contribution in [0.1, 0.15) is 56.4 Å². The molecule has 1 fully saturated rings. The fourth-order valence-corrected chi connectivity index (χ4v) is 2.81. The molecule has 1 saturated carbocycles. The molecular weight excluding hydrogens is 272 g/mol. The molecule has 0 aromatic heterocycles. The molecule has 2 rings (SSSR count). The van der Waals surface area contributed by atoms with E-state index in [1.54, 1.807) is 5.56 Å². The third kappa shape index (κ3) is 4.38. The second-order valence-electron chi connectivity index (χ2n) is 4.78. The van der Waals surface area contributed by atoms with Crippen LogP contribution < -0.4 is 20.7 Å². The van der Waals surface area contributed by atoms with E-state index in [1.165, 1.54) is 48.6 Å². The monoisotopic (exact) mass is 290 g/mol. The average molecular weight is 292 g/mol. The Bertz CT molecular complexity index is 286. The van der Waals surface area contributed by atoms with E-state index in [-0.39, 0.29) is 17.0 Å². The van der Waals surface area contributed by atoms with E-state index in [9.17, 15) is 0 Å². The van der Waals surface area contributed by atoms with E-state index >= 15 is 0 Å². The molecule has 0 amide bonds. The SMILES string of the molecule is [Br-].[Mg+][c]1ccc(C2CCCCCCC2)cc1. The second-order valence-corrected chi connectivity index (χ2v) is 5.60. The zero-order valence-electron chi connectivity index (χ0n) is 9.92. The van der Waals surface area contributed by atoms with Crippen molar-refractivity contribution in [1.82, 2.24) is 0 Å². The van der Waals surface area contributed by atoms with Crippen molar-refractivity contribution in [2.45, 2.75) is 50.9 Å². The van der Waals surface area contributed by atoms with Gasteiger partial charge in [0.25, 0.3) is 0 Å². The van der Waals surface area contributed by atoms with Gasteiger partial charge in [-0.25, -0.2) is 0 Å². The summed E-state index contributed by atoms with van der Waals surface area (Å²) in [5, 5.41) is 0. The molecular formula is C14H19BrMg. The van der Waals surface area contributed by atoms with Crippen molar-refractivity contribution in [2.24, 2.45) is 0 Å². The first-order valence-corrected chi connectivity index (χ1v) is 6.99. The Balaban J connectivity index is 0.00000128. The molecule has 0 bridgehead atoms. The maximum absolute atomic E-state index is 2.34. The van der Waals surface area contributed by atoms with Gasteiger partial charge < -0.3 is 17.0 Å². The van der Waals surface area contributed by atoms with Gasteiger partial charge in [0.1, 0.15) is 0 Å². The second kappa shape index (κ2) is 7.73. The van der Waals surface area contributed by atoms with Gasteiger partial charge >= 0.3 is 106 Å². The number of benzene rings is 1. The van der Waals surface area contributed by atoms with E-state index in [1.807, 2.05) is 21.7 Å². The number of hydrogen-bond acceptors (Lipinski definition) is 0. The molecule has 1 aromatic carbocycles. The van der Waals surface area contributed by atoms with Gasteiger partial charge in [0.2, 0.25) is 0 Å². The third-order valence-corrected chi connectivity index (χ3v) is 4.03. The quantitative estimate of drug-likeness (QED) is 0.654. The van der Waals surface area contributed by atoms with E-state index in [0.717, 1.165) is 5.92 Å². The van der Waals surface area contributed by atoms with Crippen LogP contribution in [-0.4, -0.2) is 21.7 Å². The summed E-state index contributed by atoms with van der Waals surface area (Å²) < 4.78 is 1.41. The molecule has 0 N–H and O–H groups in total. The molecule has 1 aliphatic rings. The van der Waals surface area contributed by atoms with Gasteiger partial charge in [-0.3, -0.25) is 0 Å². The van der Waals surface area contributed by atoms with Crippen LogP contribution in [0, 0.1) is 0 Å². The standard InChI is InChI=1S/C14H19.BrH.Mg/c1-2-5-9-13(10-6-3-1)14-11-7-4-8-12-14;;/h7-8,11-13H,1-3,5-6,9-10H2;1H;/q;;+1/p-1. The van der Waals surface area contributed by atoms with E-state index in [0.29, 0.717) is 0 Å². The zero-order chi connectivity index (χ0) is 10.5. The molecule has 0 spiro atoms. The van der Waals surface area contributed by atoms with Crippen LogP contribution in [0.2, 0.25) is 0 Å². The summed E-state index contributed by atoms with van der Waals surface area (Å²) >= 11 is 1.97. The molecule has 0 unspecified atom stereocenters. The zero-order valence-corrected chi connectivity index (χ0v) is 12.9. The number of halogens is 1. The van der Waals surface area contributed by atoms with Crippen LogP contribution >= 0.6 is 0 Å². The van der Waals surface area contributed by atoms with Gasteiger partial charge in [-0.05, 0) is 0 Å². The number of rotatable bonds is 1. The van der Waals surface area contributed by atoms with E-state index in [2.05, 4.69) is 24.3 Å². The topological polar surface area (TPSA) is 0 Å². The van der Waals surface area contributed by atoms with Crippen molar-refractivity contribution in [3.05, 3.63) is 29.8 Å². The summed E-state index contributed by atoms with van der Waals surface area (Å²) in [7, 11) is 0. The molecule has 1 aromatic rings. The van der Waals surface area contributed by atoms with Gasteiger partial charge in [0.15, 0.2) is 0 Å². The van der Waals surface area contributed by atoms with Crippen molar-refractivity contribution in [3.8, 4) is 0 Å². The number of hydrogen-bond donors (Lipinski definition) is 0. The van der Waals surface area contributed by atoms with Crippen LogP contribution in [0.25, 0.3) is 0 Å². The Hall–Kier alpha value is 0.466. The Labute approximate surface area is 122 Å². The molecule has 0 radical (unpaired) electrons. The normalized spacial score (nSPS) is 18.4. The van der Waals surface area contributed by atoms with Crippen LogP contribution in [0.15, 0.2) is 24.3 Å². The van der Waals surface area contributed by atoms with Crippen LogP contribution in [0.4, 0.5) is 0 Å². The van der Waals surface area contributed by atoms with Crippen molar-refractivity contribution in [1.29, 1.82) is 0 Å². The Morgan fingerprint density at radius 2 is 1.31 bits per heavy atom. The molecule has 1 aliphatic carbocycles. The predicted molar refractivity (Wildman–Crippen MR) is 66.9 cm³/mol. The molecule has 0 saturated heterocycles. The summed E-state index contributed by atoms with van der Waals surface area (Å²) in [6.45, 7) is 0. The Morgan fingerprint density at radius 3 is 1.88 bits per heavy atom. The van der Waals surface area contributed by atoms with Crippen molar-refractivity contribution in [2.75, 3.05) is 0 Å². The molecule has 16 heavy (non-hydrogen) atoms. The average Bonchev–Trinajstić information content (AvgIpc) is 2.19. The molecule has 0 nitrogen and oxygen atoms in total. The molecule has 84 valence electrons. The summed E-state index contributed by atoms with van der Waals surface area (Å²) in [4.78, 5) is 0. The van der Waals surface area contributed by atoms with Gasteiger partial charge in [0, 0.05) is 0 Å². The van der Waals surface area contributed by atoms with Crippen LogP contribution in [0.3, 0.4) is 0 Å². The first kappa shape index (κ1) is 14.5. The van der Waals surface area contributed by atoms with Gasteiger partial charge in [0.05, 0.1) is 0 Å².